The van der Waals surface area contributed by atoms with Gasteiger partial charge in [0.2, 0.25) is 0 Å². The molecule has 0 aliphatic carbocycles. The topological polar surface area (TPSA) is 58.6 Å². The SMILES string of the molecule is C=C(CNc1cccc(OC(C)CC)c1)C(=O)O. The van der Waals surface area contributed by atoms with E-state index in [1.54, 1.807) is 0 Å². The molecule has 1 atom stereocenters. The van der Waals surface area contributed by atoms with Crippen molar-refractivity contribution in [2.75, 3.05) is 11.9 Å². The van der Waals surface area contributed by atoms with Crippen LogP contribution in [0.1, 0.15) is 20.3 Å². The van der Waals surface area contributed by atoms with Crippen molar-refractivity contribution in [2.24, 2.45) is 0 Å². The van der Waals surface area contributed by atoms with Crippen LogP contribution in [0.5, 0.6) is 5.75 Å². The zero-order valence-electron chi connectivity index (χ0n) is 10.8. The monoisotopic (exact) mass is 249 g/mol. The number of carbonyl (C=O) groups is 1. The van der Waals surface area contributed by atoms with Gasteiger partial charge in [-0.25, -0.2) is 4.79 Å². The number of rotatable bonds is 7. The molecule has 1 aromatic carbocycles. The molecule has 2 N–H and O–H groups in total. The van der Waals surface area contributed by atoms with Crippen molar-refractivity contribution in [3.8, 4) is 5.75 Å². The molecule has 18 heavy (non-hydrogen) atoms. The third kappa shape index (κ3) is 4.49. The fraction of sp³-hybridized carbons (Fsp3) is 0.357. The fourth-order valence-electron chi connectivity index (χ4n) is 1.28. The van der Waals surface area contributed by atoms with E-state index in [1.165, 1.54) is 0 Å². The van der Waals surface area contributed by atoms with Crippen LogP contribution in [-0.4, -0.2) is 23.7 Å². The van der Waals surface area contributed by atoms with Crippen LogP contribution in [0.3, 0.4) is 0 Å². The third-order valence-electron chi connectivity index (χ3n) is 2.55. The highest BCUT2D eigenvalue weighted by molar-refractivity contribution is 5.86. The van der Waals surface area contributed by atoms with Crippen LogP contribution in [0.2, 0.25) is 0 Å². The van der Waals surface area contributed by atoms with E-state index in [1.807, 2.05) is 31.2 Å². The van der Waals surface area contributed by atoms with Crippen molar-refractivity contribution >= 4 is 11.7 Å². The van der Waals surface area contributed by atoms with Crippen molar-refractivity contribution in [1.82, 2.24) is 0 Å². The molecular weight excluding hydrogens is 230 g/mol. The van der Waals surface area contributed by atoms with Gasteiger partial charge in [0.25, 0.3) is 0 Å². The molecule has 0 saturated carbocycles. The van der Waals surface area contributed by atoms with E-state index >= 15 is 0 Å². The van der Waals surface area contributed by atoms with Crippen molar-refractivity contribution in [3.05, 3.63) is 36.4 Å². The highest BCUT2D eigenvalue weighted by atomic mass is 16.5. The Morgan fingerprint density at radius 2 is 2.28 bits per heavy atom. The Labute approximate surface area is 107 Å². The Morgan fingerprint density at radius 1 is 1.56 bits per heavy atom. The lowest BCUT2D eigenvalue weighted by atomic mass is 10.2. The predicted octanol–water partition coefficient (Wildman–Crippen LogP) is 2.92. The summed E-state index contributed by atoms with van der Waals surface area (Å²) < 4.78 is 5.68. The van der Waals surface area contributed by atoms with Gasteiger partial charge in [-0.05, 0) is 25.5 Å². The lowest BCUT2D eigenvalue weighted by Crippen LogP contribution is -2.12. The molecule has 0 fully saturated rings. The smallest absolute Gasteiger partial charge is 0.332 e. The largest absolute Gasteiger partial charge is 0.491 e. The van der Waals surface area contributed by atoms with Crippen LogP contribution in [0, 0.1) is 0 Å². The summed E-state index contributed by atoms with van der Waals surface area (Å²) in [5.74, 6) is -0.218. The minimum Gasteiger partial charge on any atom is -0.491 e. The van der Waals surface area contributed by atoms with Crippen LogP contribution in [0.15, 0.2) is 36.4 Å². The van der Waals surface area contributed by atoms with Gasteiger partial charge in [0.1, 0.15) is 5.75 Å². The number of carboxylic acids is 1. The second-order valence-electron chi connectivity index (χ2n) is 4.13. The Bertz CT molecular complexity index is 429. The summed E-state index contributed by atoms with van der Waals surface area (Å²) in [6.07, 6.45) is 1.10. The second-order valence-corrected chi connectivity index (χ2v) is 4.13. The minimum atomic E-state index is -0.991. The highest BCUT2D eigenvalue weighted by Gasteiger charge is 2.05. The summed E-state index contributed by atoms with van der Waals surface area (Å²) in [4.78, 5) is 10.6. The summed E-state index contributed by atoms with van der Waals surface area (Å²) in [6.45, 7) is 7.74. The van der Waals surface area contributed by atoms with Gasteiger partial charge >= 0.3 is 5.97 Å². The number of anilines is 1. The maximum absolute atomic E-state index is 10.6. The van der Waals surface area contributed by atoms with Crippen molar-refractivity contribution < 1.29 is 14.6 Å². The van der Waals surface area contributed by atoms with Crippen molar-refractivity contribution in [3.63, 3.8) is 0 Å². The van der Waals surface area contributed by atoms with Gasteiger partial charge < -0.3 is 15.2 Å². The highest BCUT2D eigenvalue weighted by Crippen LogP contribution is 2.19. The van der Waals surface area contributed by atoms with Crippen molar-refractivity contribution in [1.29, 1.82) is 0 Å². The zero-order chi connectivity index (χ0) is 13.5. The maximum atomic E-state index is 10.6. The number of aliphatic carboxylic acids is 1. The summed E-state index contributed by atoms with van der Waals surface area (Å²) in [5.41, 5.74) is 0.946. The van der Waals surface area contributed by atoms with E-state index in [0.717, 1.165) is 17.9 Å². The molecule has 0 aliphatic heterocycles. The summed E-state index contributed by atoms with van der Waals surface area (Å²) >= 11 is 0. The Hall–Kier alpha value is -1.97. The van der Waals surface area contributed by atoms with Crippen LogP contribution >= 0.6 is 0 Å². The lowest BCUT2D eigenvalue weighted by Gasteiger charge is -2.14. The van der Waals surface area contributed by atoms with Gasteiger partial charge in [0, 0.05) is 23.9 Å². The predicted molar refractivity (Wildman–Crippen MR) is 72.1 cm³/mol. The van der Waals surface area contributed by atoms with Crippen LogP contribution in [0.4, 0.5) is 5.69 Å². The molecule has 0 spiro atoms. The lowest BCUT2D eigenvalue weighted by molar-refractivity contribution is -0.132. The van der Waals surface area contributed by atoms with E-state index in [0.29, 0.717) is 0 Å². The fourth-order valence-corrected chi connectivity index (χ4v) is 1.28. The molecule has 0 amide bonds. The molecule has 98 valence electrons. The molecule has 0 aliphatic rings. The van der Waals surface area contributed by atoms with E-state index in [4.69, 9.17) is 9.84 Å². The summed E-state index contributed by atoms with van der Waals surface area (Å²) in [7, 11) is 0. The number of benzene rings is 1. The zero-order valence-corrected chi connectivity index (χ0v) is 10.8. The second kappa shape index (κ2) is 6.69. The first-order chi connectivity index (χ1) is 8.52. The first kappa shape index (κ1) is 14.1. The number of carboxylic acid groups (broad SMARTS) is 1. The molecule has 0 saturated heterocycles. The van der Waals surface area contributed by atoms with Crippen LogP contribution in [-0.2, 0) is 4.79 Å². The van der Waals surface area contributed by atoms with E-state index < -0.39 is 5.97 Å². The number of hydrogen-bond acceptors (Lipinski definition) is 3. The van der Waals surface area contributed by atoms with Gasteiger partial charge in [-0.2, -0.15) is 0 Å². The molecule has 0 radical (unpaired) electrons. The molecule has 1 unspecified atom stereocenters. The number of ether oxygens (including phenoxy) is 1. The average Bonchev–Trinajstić information content (AvgIpc) is 2.36. The number of hydrogen-bond donors (Lipinski definition) is 2. The Morgan fingerprint density at radius 3 is 2.89 bits per heavy atom. The van der Waals surface area contributed by atoms with Crippen LogP contribution < -0.4 is 10.1 Å². The molecule has 1 aromatic rings. The minimum absolute atomic E-state index is 0.128. The molecule has 4 nitrogen and oxygen atoms in total. The molecule has 0 heterocycles. The molecular formula is C14H19NO3. The third-order valence-corrected chi connectivity index (χ3v) is 2.55. The maximum Gasteiger partial charge on any atom is 0.332 e. The Kier molecular flexibility index (Phi) is 5.24. The Balaban J connectivity index is 2.59. The summed E-state index contributed by atoms with van der Waals surface area (Å²) in [5, 5.41) is 11.7. The van der Waals surface area contributed by atoms with Gasteiger partial charge in [-0.15, -0.1) is 0 Å². The van der Waals surface area contributed by atoms with Gasteiger partial charge in [0.15, 0.2) is 0 Å². The van der Waals surface area contributed by atoms with E-state index in [-0.39, 0.29) is 18.2 Å². The molecule has 1 rings (SSSR count). The van der Waals surface area contributed by atoms with E-state index in [2.05, 4.69) is 18.8 Å². The van der Waals surface area contributed by atoms with E-state index in [9.17, 15) is 4.79 Å². The van der Waals surface area contributed by atoms with Gasteiger partial charge in [0.05, 0.1) is 6.10 Å². The average molecular weight is 249 g/mol. The molecule has 0 aromatic heterocycles. The summed E-state index contributed by atoms with van der Waals surface area (Å²) in [6, 6.07) is 7.45. The normalized spacial score (nSPS) is 11.7. The first-order valence-electron chi connectivity index (χ1n) is 5.94. The van der Waals surface area contributed by atoms with Gasteiger partial charge in [-0.1, -0.05) is 19.6 Å². The van der Waals surface area contributed by atoms with Gasteiger partial charge in [-0.3, -0.25) is 0 Å². The molecule has 4 heteroatoms. The van der Waals surface area contributed by atoms with Crippen LogP contribution in [0.25, 0.3) is 0 Å². The standard InChI is InChI=1S/C14H19NO3/c1-4-11(3)18-13-7-5-6-12(8-13)15-9-10(2)14(16)17/h5-8,11,15H,2,4,9H2,1,3H3,(H,16,17). The first-order valence-corrected chi connectivity index (χ1v) is 5.94. The molecule has 0 bridgehead atoms. The quantitative estimate of drug-likeness (QED) is 0.729. The van der Waals surface area contributed by atoms with Crippen molar-refractivity contribution in [2.45, 2.75) is 26.4 Å². The number of nitrogens with one attached hydrogen (secondary N) is 1.